The Morgan fingerprint density at radius 3 is 2.94 bits per heavy atom. The minimum absolute atomic E-state index is 0.160. The van der Waals surface area contributed by atoms with Crippen LogP contribution in [-0.2, 0) is 11.3 Å². The van der Waals surface area contributed by atoms with Crippen molar-refractivity contribution in [3.63, 3.8) is 0 Å². The Bertz CT molecular complexity index is 532. The summed E-state index contributed by atoms with van der Waals surface area (Å²) in [6.07, 6.45) is 2.47. The highest BCUT2D eigenvalue weighted by molar-refractivity contribution is 5.89. The maximum absolute atomic E-state index is 11.4. The number of rotatable bonds is 4. The number of carboxylic acid groups (broad SMARTS) is 1. The SMILES string of the molecule is O=C(Cn1cc(C(=O)O)nn1)Nc1ccon1. The molecule has 0 saturated carbocycles. The Kier molecular flexibility index (Phi) is 2.81. The Balaban J connectivity index is 1.96. The molecule has 0 saturated heterocycles. The largest absolute Gasteiger partial charge is 0.476 e. The first-order valence-electron chi connectivity index (χ1n) is 4.49. The molecule has 9 nitrogen and oxygen atoms in total. The van der Waals surface area contributed by atoms with Gasteiger partial charge >= 0.3 is 5.97 Å². The van der Waals surface area contributed by atoms with E-state index in [9.17, 15) is 9.59 Å². The molecular formula is C8H7N5O4. The summed E-state index contributed by atoms with van der Waals surface area (Å²) < 4.78 is 5.63. The van der Waals surface area contributed by atoms with E-state index < -0.39 is 11.9 Å². The summed E-state index contributed by atoms with van der Waals surface area (Å²) in [5, 5.41) is 21.4. The van der Waals surface area contributed by atoms with Gasteiger partial charge in [-0.15, -0.1) is 5.10 Å². The van der Waals surface area contributed by atoms with E-state index in [-0.39, 0.29) is 18.1 Å². The first-order valence-corrected chi connectivity index (χ1v) is 4.49. The predicted molar refractivity (Wildman–Crippen MR) is 52.1 cm³/mol. The molecule has 0 fully saturated rings. The van der Waals surface area contributed by atoms with Crippen molar-refractivity contribution in [2.75, 3.05) is 5.32 Å². The van der Waals surface area contributed by atoms with Crippen LogP contribution in [0.1, 0.15) is 10.5 Å². The predicted octanol–water partition coefficient (Wildman–Crippen LogP) is -0.397. The first kappa shape index (κ1) is 10.8. The first-order chi connectivity index (χ1) is 8.15. The third-order valence-corrected chi connectivity index (χ3v) is 1.77. The molecule has 0 aliphatic rings. The standard InChI is InChI=1S/C8H7N5O4/c14-7(9-6-1-2-17-11-6)4-13-3-5(8(15)16)10-12-13/h1-3H,4H2,(H,15,16)(H,9,11,14). The average Bonchev–Trinajstić information content (AvgIpc) is 2.88. The van der Waals surface area contributed by atoms with Crippen molar-refractivity contribution in [1.29, 1.82) is 0 Å². The minimum atomic E-state index is -1.20. The number of anilines is 1. The summed E-state index contributed by atoms with van der Waals surface area (Å²) in [6, 6.07) is 1.47. The minimum Gasteiger partial charge on any atom is -0.476 e. The molecule has 9 heteroatoms. The molecule has 0 unspecified atom stereocenters. The Morgan fingerprint density at radius 2 is 2.35 bits per heavy atom. The Labute approximate surface area is 94.0 Å². The molecule has 17 heavy (non-hydrogen) atoms. The highest BCUT2D eigenvalue weighted by Gasteiger charge is 2.11. The molecule has 2 heterocycles. The number of carbonyl (C=O) groups is 2. The van der Waals surface area contributed by atoms with Crippen molar-refractivity contribution in [3.05, 3.63) is 24.2 Å². The Morgan fingerprint density at radius 1 is 1.53 bits per heavy atom. The zero-order valence-electron chi connectivity index (χ0n) is 8.40. The fraction of sp³-hybridized carbons (Fsp3) is 0.125. The van der Waals surface area contributed by atoms with E-state index in [0.29, 0.717) is 0 Å². The van der Waals surface area contributed by atoms with Gasteiger partial charge < -0.3 is 14.9 Å². The van der Waals surface area contributed by atoms with Crippen LogP contribution in [-0.4, -0.2) is 37.1 Å². The van der Waals surface area contributed by atoms with Crippen LogP contribution < -0.4 is 5.32 Å². The number of carbonyl (C=O) groups excluding carboxylic acids is 1. The highest BCUT2D eigenvalue weighted by Crippen LogP contribution is 2.01. The van der Waals surface area contributed by atoms with Gasteiger partial charge in [0.05, 0.1) is 6.20 Å². The monoisotopic (exact) mass is 237 g/mol. The molecule has 0 radical (unpaired) electrons. The molecule has 0 aromatic carbocycles. The van der Waals surface area contributed by atoms with E-state index in [4.69, 9.17) is 5.11 Å². The molecule has 0 aliphatic heterocycles. The van der Waals surface area contributed by atoms with Gasteiger partial charge in [0.2, 0.25) is 5.91 Å². The lowest BCUT2D eigenvalue weighted by atomic mass is 10.5. The number of nitrogens with one attached hydrogen (secondary N) is 1. The lowest BCUT2D eigenvalue weighted by molar-refractivity contribution is -0.117. The van der Waals surface area contributed by atoms with Crippen LogP contribution in [0.15, 0.2) is 23.0 Å². The van der Waals surface area contributed by atoms with Crippen molar-refractivity contribution < 1.29 is 19.2 Å². The second-order valence-corrected chi connectivity index (χ2v) is 3.04. The molecule has 2 rings (SSSR count). The molecule has 2 aromatic rings. The molecule has 0 bridgehead atoms. The fourth-order valence-corrected chi connectivity index (χ4v) is 1.08. The molecule has 0 atom stereocenters. The number of hydrogen-bond donors (Lipinski definition) is 2. The highest BCUT2D eigenvalue weighted by atomic mass is 16.5. The van der Waals surface area contributed by atoms with Crippen molar-refractivity contribution in [1.82, 2.24) is 20.2 Å². The molecule has 1 amide bonds. The van der Waals surface area contributed by atoms with Gasteiger partial charge in [-0.25, -0.2) is 9.48 Å². The van der Waals surface area contributed by atoms with Gasteiger partial charge in [-0.1, -0.05) is 10.4 Å². The Hall–Kier alpha value is -2.71. The molecule has 88 valence electrons. The van der Waals surface area contributed by atoms with E-state index in [1.54, 1.807) is 0 Å². The lowest BCUT2D eigenvalue weighted by Crippen LogP contribution is -2.19. The second-order valence-electron chi connectivity index (χ2n) is 3.04. The fourth-order valence-electron chi connectivity index (χ4n) is 1.08. The molecule has 0 aliphatic carbocycles. The van der Waals surface area contributed by atoms with Crippen LogP contribution in [0.4, 0.5) is 5.82 Å². The number of aromatic carboxylic acids is 1. The van der Waals surface area contributed by atoms with Crippen molar-refractivity contribution in [2.45, 2.75) is 6.54 Å². The third kappa shape index (κ3) is 2.65. The van der Waals surface area contributed by atoms with Crippen LogP contribution in [0.2, 0.25) is 0 Å². The number of hydrogen-bond acceptors (Lipinski definition) is 6. The van der Waals surface area contributed by atoms with Gasteiger partial charge in [0, 0.05) is 6.07 Å². The van der Waals surface area contributed by atoms with E-state index in [1.165, 1.54) is 12.3 Å². The van der Waals surface area contributed by atoms with Crippen molar-refractivity contribution in [3.8, 4) is 0 Å². The third-order valence-electron chi connectivity index (χ3n) is 1.77. The van der Waals surface area contributed by atoms with Crippen molar-refractivity contribution >= 4 is 17.7 Å². The molecule has 2 N–H and O–H groups in total. The van der Waals surface area contributed by atoms with Gasteiger partial charge in [-0.05, 0) is 0 Å². The van der Waals surface area contributed by atoms with E-state index in [1.807, 2.05) is 0 Å². The molecule has 2 aromatic heterocycles. The van der Waals surface area contributed by atoms with Crippen LogP contribution >= 0.6 is 0 Å². The summed E-state index contributed by atoms with van der Waals surface area (Å²) in [5.41, 5.74) is -0.223. The summed E-state index contributed by atoms with van der Waals surface area (Å²) in [4.78, 5) is 21.9. The van der Waals surface area contributed by atoms with Crippen LogP contribution in [0.5, 0.6) is 0 Å². The maximum atomic E-state index is 11.4. The number of nitrogens with zero attached hydrogens (tertiary/aromatic N) is 4. The van der Waals surface area contributed by atoms with Crippen molar-refractivity contribution in [2.24, 2.45) is 0 Å². The maximum Gasteiger partial charge on any atom is 0.358 e. The van der Waals surface area contributed by atoms with Crippen LogP contribution in [0.25, 0.3) is 0 Å². The number of carboxylic acids is 1. The lowest BCUT2D eigenvalue weighted by Gasteiger charge is -1.99. The summed E-state index contributed by atoms with van der Waals surface area (Å²) in [5.74, 6) is -1.34. The zero-order valence-corrected chi connectivity index (χ0v) is 8.40. The van der Waals surface area contributed by atoms with Gasteiger partial charge in [0.1, 0.15) is 12.8 Å². The second kappa shape index (κ2) is 4.43. The number of amides is 1. The van der Waals surface area contributed by atoms with Gasteiger partial charge in [-0.3, -0.25) is 4.79 Å². The van der Waals surface area contributed by atoms with Gasteiger partial charge in [0.25, 0.3) is 0 Å². The van der Waals surface area contributed by atoms with Crippen LogP contribution in [0.3, 0.4) is 0 Å². The number of aromatic nitrogens is 4. The van der Waals surface area contributed by atoms with E-state index in [2.05, 4.69) is 25.3 Å². The average molecular weight is 237 g/mol. The molecular weight excluding hydrogens is 230 g/mol. The smallest absolute Gasteiger partial charge is 0.358 e. The normalized spacial score (nSPS) is 10.1. The quantitative estimate of drug-likeness (QED) is 0.741. The zero-order chi connectivity index (χ0) is 12.3. The van der Waals surface area contributed by atoms with Gasteiger partial charge in [0.15, 0.2) is 11.5 Å². The topological polar surface area (TPSA) is 123 Å². The summed E-state index contributed by atoms with van der Waals surface area (Å²) in [6.45, 7) is -0.160. The summed E-state index contributed by atoms with van der Waals surface area (Å²) >= 11 is 0. The van der Waals surface area contributed by atoms with Gasteiger partial charge in [-0.2, -0.15) is 0 Å². The summed E-state index contributed by atoms with van der Waals surface area (Å²) in [7, 11) is 0. The molecule has 0 spiro atoms. The van der Waals surface area contributed by atoms with Crippen LogP contribution in [0, 0.1) is 0 Å². The van der Waals surface area contributed by atoms with E-state index in [0.717, 1.165) is 10.9 Å². The van der Waals surface area contributed by atoms with E-state index >= 15 is 0 Å².